The van der Waals surface area contributed by atoms with Gasteiger partial charge in [0.2, 0.25) is 17.7 Å². The third-order valence-corrected chi connectivity index (χ3v) is 7.72. The van der Waals surface area contributed by atoms with Gasteiger partial charge < -0.3 is 33.6 Å². The molecule has 0 aromatic heterocycles. The quantitative estimate of drug-likeness (QED) is 0.0600. The molecular weight excluding hydrogens is 580 g/mol. The Hall–Kier alpha value is -5.71. The second-order valence-corrected chi connectivity index (χ2v) is 11.1. The summed E-state index contributed by atoms with van der Waals surface area (Å²) in [5, 5.41) is 15.4. The van der Waals surface area contributed by atoms with Crippen molar-refractivity contribution in [3.05, 3.63) is 119 Å². The first kappa shape index (κ1) is 33.2. The lowest BCUT2D eigenvalue weighted by Crippen LogP contribution is -2.54. The lowest BCUT2D eigenvalue weighted by molar-refractivity contribution is -0.131. The number of hydrogen-bond donors (Lipinski definition) is 7. The van der Waals surface area contributed by atoms with Gasteiger partial charge in [0.15, 0.2) is 5.96 Å². The van der Waals surface area contributed by atoms with Gasteiger partial charge in [-0.1, -0.05) is 97.1 Å². The number of rotatable bonds is 15. The molecule has 11 heteroatoms. The summed E-state index contributed by atoms with van der Waals surface area (Å²) in [7, 11) is 0. The van der Waals surface area contributed by atoms with E-state index in [9.17, 15) is 14.4 Å². The van der Waals surface area contributed by atoms with E-state index in [1.165, 1.54) is 0 Å². The van der Waals surface area contributed by atoms with Crippen molar-refractivity contribution >= 4 is 40.3 Å². The fraction of sp³-hybridized carbons (Fsp3) is 0.229. The van der Waals surface area contributed by atoms with Crippen LogP contribution >= 0.6 is 0 Å². The lowest BCUT2D eigenvalue weighted by atomic mass is 9.90. The molecule has 4 aromatic rings. The van der Waals surface area contributed by atoms with Gasteiger partial charge in [0.1, 0.15) is 17.9 Å². The molecule has 0 heterocycles. The molecule has 1 unspecified atom stereocenters. The number of hydrogen-bond acceptors (Lipinski definition) is 5. The van der Waals surface area contributed by atoms with Crippen molar-refractivity contribution in [1.29, 1.82) is 5.41 Å². The summed E-state index contributed by atoms with van der Waals surface area (Å²) in [5.74, 6) is -2.35. The van der Waals surface area contributed by atoms with Crippen LogP contribution in [0.2, 0.25) is 0 Å². The van der Waals surface area contributed by atoms with E-state index in [4.69, 9.17) is 28.3 Å². The van der Waals surface area contributed by atoms with Crippen LogP contribution < -0.4 is 33.6 Å². The van der Waals surface area contributed by atoms with E-state index in [0.29, 0.717) is 18.4 Å². The maximum atomic E-state index is 14.1. The molecule has 46 heavy (non-hydrogen) atoms. The zero-order valence-electron chi connectivity index (χ0n) is 25.5. The SMILES string of the molecule is N=C(N)c1ccc(C[C@H](C(=O)N[C@@H](Cc2ccc3ccccc3c2)C(=O)NC(CCCN=C(N)N)C(N)=O)c2ccccc2)cc1. The molecule has 0 fully saturated rings. The van der Waals surface area contributed by atoms with Gasteiger partial charge in [-0.2, -0.15) is 0 Å². The van der Waals surface area contributed by atoms with Crippen molar-refractivity contribution in [1.82, 2.24) is 10.6 Å². The average molecular weight is 621 g/mol. The van der Waals surface area contributed by atoms with Crippen LogP contribution in [0.4, 0.5) is 0 Å². The summed E-state index contributed by atoms with van der Waals surface area (Å²) in [6.07, 6.45) is 1.15. The predicted molar refractivity (Wildman–Crippen MR) is 181 cm³/mol. The number of primary amides is 1. The molecule has 3 atom stereocenters. The lowest BCUT2D eigenvalue weighted by Gasteiger charge is -2.25. The maximum Gasteiger partial charge on any atom is 0.243 e. The number of nitrogens with one attached hydrogen (secondary N) is 3. The van der Waals surface area contributed by atoms with Crippen LogP contribution in [0, 0.1) is 5.41 Å². The number of nitrogens with two attached hydrogens (primary N) is 4. The predicted octanol–water partition coefficient (Wildman–Crippen LogP) is 2.20. The van der Waals surface area contributed by atoms with Gasteiger partial charge in [0.25, 0.3) is 0 Å². The molecule has 4 rings (SSSR count). The van der Waals surface area contributed by atoms with Crippen LogP contribution in [0.3, 0.4) is 0 Å². The Kier molecular flexibility index (Phi) is 11.4. The maximum absolute atomic E-state index is 14.1. The van der Waals surface area contributed by atoms with Gasteiger partial charge in [-0.05, 0) is 46.7 Å². The molecule has 0 radical (unpaired) electrons. The van der Waals surface area contributed by atoms with Gasteiger partial charge in [-0.15, -0.1) is 0 Å². The third kappa shape index (κ3) is 9.39. The van der Waals surface area contributed by atoms with Crippen molar-refractivity contribution in [2.75, 3.05) is 6.54 Å². The molecule has 0 spiro atoms. The van der Waals surface area contributed by atoms with E-state index in [2.05, 4.69) is 15.6 Å². The highest BCUT2D eigenvalue weighted by Crippen LogP contribution is 2.23. The molecule has 3 amide bonds. The number of guanidine groups is 1. The number of carbonyl (C=O) groups excluding carboxylic acids is 3. The summed E-state index contributed by atoms with van der Waals surface area (Å²) in [6.45, 7) is 0.269. The minimum atomic E-state index is -1.01. The summed E-state index contributed by atoms with van der Waals surface area (Å²) in [4.78, 5) is 44.1. The molecule has 0 bridgehead atoms. The Labute approximate surface area is 267 Å². The highest BCUT2D eigenvalue weighted by molar-refractivity contribution is 5.95. The van der Waals surface area contributed by atoms with E-state index >= 15 is 0 Å². The number of nitrogen functional groups attached to an aromatic ring is 1. The Morgan fingerprint density at radius 1 is 0.696 bits per heavy atom. The normalized spacial score (nSPS) is 12.8. The molecule has 11 N–H and O–H groups in total. The molecule has 4 aromatic carbocycles. The second-order valence-electron chi connectivity index (χ2n) is 11.1. The highest BCUT2D eigenvalue weighted by atomic mass is 16.2. The molecule has 0 saturated heterocycles. The van der Waals surface area contributed by atoms with Crippen LogP contribution in [0.5, 0.6) is 0 Å². The molecule has 0 saturated carbocycles. The summed E-state index contributed by atoms with van der Waals surface area (Å²) >= 11 is 0. The van der Waals surface area contributed by atoms with E-state index in [1.54, 1.807) is 12.1 Å². The van der Waals surface area contributed by atoms with Crippen molar-refractivity contribution in [2.45, 2.75) is 43.7 Å². The Morgan fingerprint density at radius 2 is 1.33 bits per heavy atom. The van der Waals surface area contributed by atoms with Gasteiger partial charge in [-0.25, -0.2) is 0 Å². The Balaban J connectivity index is 1.61. The number of benzene rings is 4. The van der Waals surface area contributed by atoms with Crippen molar-refractivity contribution in [2.24, 2.45) is 27.9 Å². The number of nitrogens with zero attached hydrogens (tertiary/aromatic N) is 1. The second kappa shape index (κ2) is 15.8. The Bertz CT molecular complexity index is 1700. The monoisotopic (exact) mass is 620 g/mol. The fourth-order valence-electron chi connectivity index (χ4n) is 5.25. The van der Waals surface area contributed by atoms with Gasteiger partial charge >= 0.3 is 0 Å². The Morgan fingerprint density at radius 3 is 1.98 bits per heavy atom. The standard InChI is InChI=1S/C35H40N8O3/c36-31(37)26-16-12-22(13-17-26)20-28(25-8-2-1-3-9-25)33(45)43-30(21-23-14-15-24-7-4-5-10-27(24)19-23)34(46)42-29(32(38)44)11-6-18-41-35(39)40/h1-5,7-10,12-17,19,28-30H,6,11,18,20-21H2,(H3,36,37)(H2,38,44)(H,42,46)(H,43,45)(H4,39,40,41)/t28-,29?,30-/m0/s1. The number of carbonyl (C=O) groups is 3. The van der Waals surface area contributed by atoms with Gasteiger partial charge in [-0.3, -0.25) is 24.8 Å². The minimum Gasteiger partial charge on any atom is -0.384 e. The van der Waals surface area contributed by atoms with Crippen molar-refractivity contribution < 1.29 is 14.4 Å². The van der Waals surface area contributed by atoms with Crippen LogP contribution in [0.15, 0.2) is 102 Å². The van der Waals surface area contributed by atoms with Crippen molar-refractivity contribution in [3.63, 3.8) is 0 Å². The molecule has 0 aliphatic carbocycles. The fourth-order valence-corrected chi connectivity index (χ4v) is 5.25. The number of aliphatic imine (C=N–C) groups is 1. The largest absolute Gasteiger partial charge is 0.384 e. The molecule has 238 valence electrons. The highest BCUT2D eigenvalue weighted by Gasteiger charge is 2.29. The minimum absolute atomic E-state index is 0.0445. The first-order valence-electron chi connectivity index (χ1n) is 15.0. The van der Waals surface area contributed by atoms with E-state index in [1.807, 2.05) is 84.9 Å². The number of amides is 3. The summed E-state index contributed by atoms with van der Waals surface area (Å²) in [5.41, 5.74) is 25.1. The molecule has 0 aliphatic rings. The first-order chi connectivity index (χ1) is 22.1. The molecule has 11 nitrogen and oxygen atoms in total. The third-order valence-electron chi connectivity index (χ3n) is 7.72. The average Bonchev–Trinajstić information content (AvgIpc) is 3.04. The summed E-state index contributed by atoms with van der Waals surface area (Å²) < 4.78 is 0. The zero-order chi connectivity index (χ0) is 33.1. The first-order valence-corrected chi connectivity index (χ1v) is 15.0. The number of amidine groups is 1. The van der Waals surface area contributed by atoms with Gasteiger partial charge in [0.05, 0.1) is 5.92 Å². The van der Waals surface area contributed by atoms with E-state index in [-0.39, 0.29) is 37.1 Å². The van der Waals surface area contributed by atoms with Crippen LogP contribution in [0.1, 0.15) is 41.0 Å². The molecule has 0 aliphatic heterocycles. The van der Waals surface area contributed by atoms with Gasteiger partial charge in [0, 0.05) is 18.5 Å². The van der Waals surface area contributed by atoms with Crippen molar-refractivity contribution in [3.8, 4) is 0 Å². The summed E-state index contributed by atoms with van der Waals surface area (Å²) in [6, 6.07) is 28.2. The smallest absolute Gasteiger partial charge is 0.243 e. The zero-order valence-corrected chi connectivity index (χ0v) is 25.5. The van der Waals surface area contributed by atoms with Crippen LogP contribution in [0.25, 0.3) is 10.8 Å². The molecular formula is C35H40N8O3. The van der Waals surface area contributed by atoms with E-state index < -0.39 is 29.8 Å². The van der Waals surface area contributed by atoms with Crippen LogP contribution in [-0.4, -0.2) is 48.1 Å². The van der Waals surface area contributed by atoms with Crippen LogP contribution in [-0.2, 0) is 27.2 Å². The van der Waals surface area contributed by atoms with E-state index in [0.717, 1.165) is 27.5 Å². The number of fused-ring (bicyclic) bond motifs is 1. The topological polar surface area (TPSA) is 216 Å².